The molecule has 0 amide bonds. The predicted octanol–water partition coefficient (Wildman–Crippen LogP) is 0.694. The third-order valence-corrected chi connectivity index (χ3v) is 1.15. The van der Waals surface area contributed by atoms with Gasteiger partial charge in [-0.1, -0.05) is 0 Å². The second-order valence-corrected chi connectivity index (χ2v) is 1.88. The normalized spacial score (nSPS) is 9.40. The number of halogens is 1. The molecule has 0 fully saturated rings. The Morgan fingerprint density at radius 3 is 2.60 bits per heavy atom. The molecule has 0 bridgehead atoms. The van der Waals surface area contributed by atoms with Crippen LogP contribution in [0.25, 0.3) is 0 Å². The van der Waals surface area contributed by atoms with Gasteiger partial charge < -0.3 is 11.2 Å². The molecule has 0 radical (unpaired) electrons. The fourth-order valence-corrected chi connectivity index (χ4v) is 0.648. The fourth-order valence-electron chi connectivity index (χ4n) is 0.648. The second-order valence-electron chi connectivity index (χ2n) is 1.88. The molecule has 0 spiro atoms. The Morgan fingerprint density at radius 1 is 1.40 bits per heavy atom. The number of benzene rings is 1. The summed E-state index contributed by atoms with van der Waals surface area (Å²) < 4.78 is 12.6. The van der Waals surface area contributed by atoms with Gasteiger partial charge >= 0.3 is 0 Å². The van der Waals surface area contributed by atoms with Gasteiger partial charge in [-0.25, -0.2) is 4.39 Å². The number of nitrogens with one attached hydrogen (secondary N) is 1. The highest BCUT2D eigenvalue weighted by atomic mass is 19.1. The molecule has 0 aliphatic heterocycles. The second kappa shape index (κ2) is 2.53. The topological polar surface area (TPSA) is 64.1 Å². The minimum absolute atomic E-state index is 0.245. The maximum Gasteiger partial charge on any atom is 0.149 e. The number of hydrazine groups is 1. The lowest BCUT2D eigenvalue weighted by atomic mass is 10.3. The van der Waals surface area contributed by atoms with Crippen LogP contribution in [0.2, 0.25) is 0 Å². The average Bonchev–Trinajstić information content (AvgIpc) is 1.88. The van der Waals surface area contributed by atoms with Crippen molar-refractivity contribution in [2.45, 2.75) is 0 Å². The first-order chi connectivity index (χ1) is 4.74. The van der Waals surface area contributed by atoms with Gasteiger partial charge in [-0.3, -0.25) is 5.84 Å². The van der Waals surface area contributed by atoms with Crippen LogP contribution in [0.15, 0.2) is 18.2 Å². The number of nitrogen functional groups attached to an aromatic ring is 2. The molecule has 1 aromatic rings. The molecule has 5 N–H and O–H groups in total. The van der Waals surface area contributed by atoms with Crippen LogP contribution in [0.4, 0.5) is 15.8 Å². The van der Waals surface area contributed by atoms with E-state index in [4.69, 9.17) is 11.6 Å². The van der Waals surface area contributed by atoms with Crippen LogP contribution in [-0.4, -0.2) is 0 Å². The van der Waals surface area contributed by atoms with E-state index >= 15 is 0 Å². The van der Waals surface area contributed by atoms with Crippen LogP contribution >= 0.6 is 0 Å². The summed E-state index contributed by atoms with van der Waals surface area (Å²) in [5.41, 5.74) is 8.10. The van der Waals surface area contributed by atoms with E-state index in [1.165, 1.54) is 12.1 Å². The number of anilines is 2. The molecular weight excluding hydrogens is 133 g/mol. The van der Waals surface area contributed by atoms with Crippen molar-refractivity contribution in [3.05, 3.63) is 24.0 Å². The van der Waals surface area contributed by atoms with Gasteiger partial charge in [0, 0.05) is 5.69 Å². The molecular formula is C6H8FN3. The van der Waals surface area contributed by atoms with Crippen LogP contribution in [-0.2, 0) is 0 Å². The number of hydrogen-bond donors (Lipinski definition) is 3. The zero-order valence-electron chi connectivity index (χ0n) is 5.26. The summed E-state index contributed by atoms with van der Waals surface area (Å²) in [4.78, 5) is 0. The third kappa shape index (κ3) is 1.16. The van der Waals surface area contributed by atoms with Crippen molar-refractivity contribution in [2.75, 3.05) is 11.2 Å². The maximum atomic E-state index is 12.6. The molecule has 1 aromatic carbocycles. The fraction of sp³-hybridized carbons (Fsp3) is 0. The SMILES string of the molecule is NNc1ccc(N)cc1F. The van der Waals surface area contributed by atoms with E-state index in [9.17, 15) is 4.39 Å². The lowest BCUT2D eigenvalue weighted by molar-refractivity contribution is 0.631. The lowest BCUT2D eigenvalue weighted by Gasteiger charge is -2.00. The average molecular weight is 141 g/mol. The lowest BCUT2D eigenvalue weighted by Crippen LogP contribution is -2.08. The molecule has 10 heavy (non-hydrogen) atoms. The summed E-state index contributed by atoms with van der Waals surface area (Å²) >= 11 is 0. The van der Waals surface area contributed by atoms with Crippen LogP contribution in [0.3, 0.4) is 0 Å². The smallest absolute Gasteiger partial charge is 0.149 e. The first kappa shape index (κ1) is 6.82. The van der Waals surface area contributed by atoms with Crippen molar-refractivity contribution >= 4 is 11.4 Å². The molecule has 0 heterocycles. The van der Waals surface area contributed by atoms with E-state index in [0.717, 1.165) is 0 Å². The molecule has 1 rings (SSSR count). The molecule has 3 nitrogen and oxygen atoms in total. The van der Waals surface area contributed by atoms with Crippen LogP contribution in [0.5, 0.6) is 0 Å². The molecule has 4 heteroatoms. The Labute approximate surface area is 57.8 Å². The number of rotatable bonds is 1. The van der Waals surface area contributed by atoms with E-state index in [-0.39, 0.29) is 5.69 Å². The Morgan fingerprint density at radius 2 is 2.10 bits per heavy atom. The summed E-state index contributed by atoms with van der Waals surface area (Å²) in [6.45, 7) is 0. The summed E-state index contributed by atoms with van der Waals surface area (Å²) in [5, 5.41) is 0. The Hall–Kier alpha value is -1.29. The highest BCUT2D eigenvalue weighted by Gasteiger charge is 1.97. The quantitative estimate of drug-likeness (QED) is 0.306. The van der Waals surface area contributed by atoms with E-state index in [0.29, 0.717) is 5.69 Å². The van der Waals surface area contributed by atoms with Gasteiger partial charge in [-0.05, 0) is 18.2 Å². The van der Waals surface area contributed by atoms with Crippen LogP contribution in [0.1, 0.15) is 0 Å². The molecule has 0 saturated heterocycles. The summed E-state index contributed by atoms with van der Waals surface area (Å²) in [5.74, 6) is 4.53. The van der Waals surface area contributed by atoms with Crippen LogP contribution in [0, 0.1) is 5.82 Å². The largest absolute Gasteiger partial charge is 0.399 e. The first-order valence-corrected chi connectivity index (χ1v) is 2.75. The van der Waals surface area contributed by atoms with Crippen molar-refractivity contribution in [1.29, 1.82) is 0 Å². The first-order valence-electron chi connectivity index (χ1n) is 2.75. The summed E-state index contributed by atoms with van der Waals surface area (Å²) in [6, 6.07) is 4.25. The molecule has 0 aliphatic rings. The Bertz CT molecular complexity index is 236. The standard InChI is InChI=1S/C6H8FN3/c7-5-3-4(8)1-2-6(5)10-9/h1-3,10H,8-9H2. The monoisotopic (exact) mass is 141 g/mol. The van der Waals surface area contributed by atoms with Gasteiger partial charge in [0.2, 0.25) is 0 Å². The Balaban J connectivity index is 3.07. The highest BCUT2D eigenvalue weighted by molar-refractivity contribution is 5.51. The van der Waals surface area contributed by atoms with Gasteiger partial charge in [-0.2, -0.15) is 0 Å². The summed E-state index contributed by atoms with van der Waals surface area (Å²) in [6.07, 6.45) is 0. The van der Waals surface area contributed by atoms with Crippen molar-refractivity contribution in [3.63, 3.8) is 0 Å². The van der Waals surface area contributed by atoms with E-state index < -0.39 is 5.82 Å². The van der Waals surface area contributed by atoms with Crippen molar-refractivity contribution < 1.29 is 4.39 Å². The Kier molecular flexibility index (Phi) is 1.73. The van der Waals surface area contributed by atoms with Gasteiger partial charge in [0.15, 0.2) is 0 Å². The van der Waals surface area contributed by atoms with Crippen molar-refractivity contribution in [3.8, 4) is 0 Å². The minimum Gasteiger partial charge on any atom is -0.399 e. The molecule has 0 saturated carbocycles. The van der Waals surface area contributed by atoms with E-state index in [1.807, 2.05) is 0 Å². The minimum atomic E-state index is -0.442. The van der Waals surface area contributed by atoms with Gasteiger partial charge in [0.25, 0.3) is 0 Å². The maximum absolute atomic E-state index is 12.6. The van der Waals surface area contributed by atoms with Gasteiger partial charge in [-0.15, -0.1) is 0 Å². The van der Waals surface area contributed by atoms with Crippen molar-refractivity contribution in [1.82, 2.24) is 0 Å². The molecule has 54 valence electrons. The number of hydrogen-bond acceptors (Lipinski definition) is 3. The van der Waals surface area contributed by atoms with Crippen molar-refractivity contribution in [2.24, 2.45) is 5.84 Å². The molecule has 0 atom stereocenters. The van der Waals surface area contributed by atoms with Gasteiger partial charge in [0.1, 0.15) is 5.82 Å². The summed E-state index contributed by atoms with van der Waals surface area (Å²) in [7, 11) is 0. The molecule has 0 aliphatic carbocycles. The molecule has 0 unspecified atom stereocenters. The predicted molar refractivity (Wildman–Crippen MR) is 38.6 cm³/mol. The zero-order chi connectivity index (χ0) is 7.56. The van der Waals surface area contributed by atoms with E-state index in [2.05, 4.69) is 5.43 Å². The highest BCUT2D eigenvalue weighted by Crippen LogP contribution is 2.14. The van der Waals surface area contributed by atoms with Crippen LogP contribution < -0.4 is 17.0 Å². The zero-order valence-corrected chi connectivity index (χ0v) is 5.26. The molecule has 0 aromatic heterocycles. The van der Waals surface area contributed by atoms with E-state index in [1.54, 1.807) is 6.07 Å². The number of nitrogens with two attached hydrogens (primary N) is 2. The third-order valence-electron chi connectivity index (χ3n) is 1.15. The van der Waals surface area contributed by atoms with Gasteiger partial charge in [0.05, 0.1) is 5.69 Å².